The van der Waals surface area contributed by atoms with Gasteiger partial charge in [0.1, 0.15) is 5.75 Å². The number of benzene rings is 1. The van der Waals surface area contributed by atoms with Crippen molar-refractivity contribution in [3.63, 3.8) is 0 Å². The number of piperazine rings is 1. The van der Waals surface area contributed by atoms with Gasteiger partial charge in [-0.3, -0.25) is 14.5 Å². The zero-order valence-electron chi connectivity index (χ0n) is 11.8. The van der Waals surface area contributed by atoms with Gasteiger partial charge >= 0.3 is 0 Å². The van der Waals surface area contributed by atoms with Gasteiger partial charge in [-0.2, -0.15) is 0 Å². The normalized spacial score (nSPS) is 21.9. The van der Waals surface area contributed by atoms with E-state index in [9.17, 15) is 9.59 Å². The third-order valence-electron chi connectivity index (χ3n) is 3.78. The molecule has 2 aliphatic heterocycles. The summed E-state index contributed by atoms with van der Waals surface area (Å²) in [7, 11) is 0. The number of amides is 2. The maximum Gasteiger partial charge on any atom is 0.234 e. The molecule has 2 aliphatic rings. The van der Waals surface area contributed by atoms with E-state index >= 15 is 0 Å². The first kappa shape index (κ1) is 13.9. The highest BCUT2D eigenvalue weighted by atomic mass is 16.5. The van der Waals surface area contributed by atoms with Crippen LogP contribution in [0.5, 0.6) is 5.75 Å². The van der Waals surface area contributed by atoms with Crippen molar-refractivity contribution >= 4 is 11.8 Å². The number of hydrogen-bond donors (Lipinski definition) is 2. The topological polar surface area (TPSA) is 70.7 Å². The van der Waals surface area contributed by atoms with Crippen LogP contribution in [0.15, 0.2) is 24.3 Å². The summed E-state index contributed by atoms with van der Waals surface area (Å²) in [6.07, 6.45) is 0.767. The molecule has 2 N–H and O–H groups in total. The Hall–Kier alpha value is -2.08. The Kier molecular flexibility index (Phi) is 4.06. The van der Waals surface area contributed by atoms with Gasteiger partial charge in [0, 0.05) is 25.1 Å². The van der Waals surface area contributed by atoms with Crippen LogP contribution in [0.25, 0.3) is 0 Å². The average molecular weight is 289 g/mol. The first-order valence-corrected chi connectivity index (χ1v) is 7.22. The second-order valence-electron chi connectivity index (χ2n) is 5.36. The van der Waals surface area contributed by atoms with Crippen molar-refractivity contribution in [3.8, 4) is 5.75 Å². The molecule has 3 rings (SSSR count). The molecule has 1 saturated heterocycles. The van der Waals surface area contributed by atoms with E-state index in [0.29, 0.717) is 19.7 Å². The molecule has 21 heavy (non-hydrogen) atoms. The lowest BCUT2D eigenvalue weighted by Gasteiger charge is -2.29. The summed E-state index contributed by atoms with van der Waals surface area (Å²) >= 11 is 0. The Balaban J connectivity index is 1.59. The fourth-order valence-corrected chi connectivity index (χ4v) is 2.76. The van der Waals surface area contributed by atoms with E-state index in [1.807, 2.05) is 29.2 Å². The third-order valence-corrected chi connectivity index (χ3v) is 3.78. The summed E-state index contributed by atoms with van der Waals surface area (Å²) in [6, 6.07) is 7.76. The van der Waals surface area contributed by atoms with Gasteiger partial charge in [0.25, 0.3) is 0 Å². The summed E-state index contributed by atoms with van der Waals surface area (Å²) in [6.45, 7) is 2.47. The second kappa shape index (κ2) is 6.13. The summed E-state index contributed by atoms with van der Waals surface area (Å²) in [5.41, 5.74) is 1.02. The summed E-state index contributed by atoms with van der Waals surface area (Å²) in [5.74, 6) is 0.767. The molecule has 1 atom stereocenters. The lowest BCUT2D eigenvalue weighted by atomic mass is 10.0. The molecule has 1 aromatic carbocycles. The Bertz CT molecular complexity index is 547. The van der Waals surface area contributed by atoms with Crippen LogP contribution in [0.2, 0.25) is 0 Å². The monoisotopic (exact) mass is 289 g/mol. The number of carbonyl (C=O) groups excluding carboxylic acids is 2. The summed E-state index contributed by atoms with van der Waals surface area (Å²) in [4.78, 5) is 25.3. The smallest absolute Gasteiger partial charge is 0.234 e. The molecule has 0 aliphatic carbocycles. The van der Waals surface area contributed by atoms with E-state index in [1.165, 1.54) is 0 Å². The molecule has 0 unspecified atom stereocenters. The van der Waals surface area contributed by atoms with Crippen LogP contribution >= 0.6 is 0 Å². The molecule has 1 fully saturated rings. The molecule has 0 radical (unpaired) electrons. The van der Waals surface area contributed by atoms with Gasteiger partial charge in [0.15, 0.2) is 0 Å². The molecule has 112 valence electrons. The zero-order chi connectivity index (χ0) is 14.7. The van der Waals surface area contributed by atoms with Crippen molar-refractivity contribution < 1.29 is 14.3 Å². The third kappa shape index (κ3) is 3.33. The highest BCUT2D eigenvalue weighted by Crippen LogP contribution is 2.31. The van der Waals surface area contributed by atoms with E-state index in [0.717, 1.165) is 17.7 Å². The molecule has 1 aromatic rings. The molecular formula is C15H19N3O3. The number of ether oxygens (including phenoxy) is 1. The first-order chi connectivity index (χ1) is 10.2. The van der Waals surface area contributed by atoms with Gasteiger partial charge in [-0.25, -0.2) is 0 Å². The van der Waals surface area contributed by atoms with Crippen molar-refractivity contribution in [2.45, 2.75) is 12.5 Å². The molecule has 0 saturated carbocycles. The SMILES string of the molecule is O=C1CN(CC(=O)N[C@H]2CCOc3ccccc32)CCN1. The van der Waals surface area contributed by atoms with Crippen molar-refractivity contribution in [3.05, 3.63) is 29.8 Å². The predicted octanol–water partition coefficient (Wildman–Crippen LogP) is 0.0582. The van der Waals surface area contributed by atoms with Crippen molar-refractivity contribution in [2.75, 3.05) is 32.8 Å². The Labute approximate surface area is 123 Å². The fourth-order valence-electron chi connectivity index (χ4n) is 2.76. The Morgan fingerprint density at radius 1 is 1.43 bits per heavy atom. The molecule has 0 bridgehead atoms. The first-order valence-electron chi connectivity index (χ1n) is 7.22. The summed E-state index contributed by atoms with van der Waals surface area (Å²) < 4.78 is 5.58. The van der Waals surface area contributed by atoms with Crippen LogP contribution in [0.3, 0.4) is 0 Å². The quantitative estimate of drug-likeness (QED) is 0.825. The van der Waals surface area contributed by atoms with Crippen LogP contribution in [-0.2, 0) is 9.59 Å². The fraction of sp³-hybridized carbons (Fsp3) is 0.467. The molecule has 2 heterocycles. The van der Waals surface area contributed by atoms with E-state index in [4.69, 9.17) is 4.74 Å². The number of para-hydroxylation sites is 1. The predicted molar refractivity (Wildman–Crippen MR) is 76.9 cm³/mol. The van der Waals surface area contributed by atoms with Crippen LogP contribution in [0.1, 0.15) is 18.0 Å². The lowest BCUT2D eigenvalue weighted by molar-refractivity contribution is -0.127. The van der Waals surface area contributed by atoms with Gasteiger partial charge in [-0.1, -0.05) is 18.2 Å². The number of nitrogens with one attached hydrogen (secondary N) is 2. The van der Waals surface area contributed by atoms with Crippen molar-refractivity contribution in [2.24, 2.45) is 0 Å². The highest BCUT2D eigenvalue weighted by Gasteiger charge is 2.24. The highest BCUT2D eigenvalue weighted by molar-refractivity contribution is 5.82. The minimum absolute atomic E-state index is 0.0129. The molecular weight excluding hydrogens is 270 g/mol. The van der Waals surface area contributed by atoms with Crippen LogP contribution in [0.4, 0.5) is 0 Å². The lowest BCUT2D eigenvalue weighted by Crippen LogP contribution is -2.51. The zero-order valence-corrected chi connectivity index (χ0v) is 11.8. The van der Waals surface area contributed by atoms with E-state index in [1.54, 1.807) is 0 Å². The number of rotatable bonds is 3. The Morgan fingerprint density at radius 2 is 2.29 bits per heavy atom. The van der Waals surface area contributed by atoms with Crippen molar-refractivity contribution in [1.29, 1.82) is 0 Å². The van der Waals surface area contributed by atoms with Gasteiger partial charge < -0.3 is 15.4 Å². The van der Waals surface area contributed by atoms with Crippen LogP contribution in [0, 0.1) is 0 Å². The van der Waals surface area contributed by atoms with Crippen LogP contribution < -0.4 is 15.4 Å². The van der Waals surface area contributed by atoms with Gasteiger partial charge in [0.2, 0.25) is 11.8 Å². The molecule has 0 aromatic heterocycles. The number of hydrogen-bond acceptors (Lipinski definition) is 4. The second-order valence-corrected chi connectivity index (χ2v) is 5.36. The summed E-state index contributed by atoms with van der Waals surface area (Å²) in [5, 5.41) is 5.80. The minimum atomic E-state index is -0.0496. The maximum atomic E-state index is 12.2. The molecule has 6 nitrogen and oxygen atoms in total. The van der Waals surface area contributed by atoms with Crippen LogP contribution in [-0.4, -0.2) is 49.5 Å². The van der Waals surface area contributed by atoms with E-state index < -0.39 is 0 Å². The standard InChI is InChI=1S/C15H19N3O3/c19-14-9-18(7-6-16-14)10-15(20)17-12-5-8-21-13-4-2-1-3-11(12)13/h1-4,12H,5-10H2,(H,16,19)(H,17,20)/t12-/m0/s1. The molecule has 0 spiro atoms. The Morgan fingerprint density at radius 3 is 3.14 bits per heavy atom. The van der Waals surface area contributed by atoms with E-state index in [2.05, 4.69) is 10.6 Å². The molecule has 2 amide bonds. The minimum Gasteiger partial charge on any atom is -0.493 e. The van der Waals surface area contributed by atoms with Gasteiger partial charge in [0.05, 0.1) is 25.7 Å². The average Bonchev–Trinajstić information content (AvgIpc) is 2.47. The van der Waals surface area contributed by atoms with Crippen molar-refractivity contribution in [1.82, 2.24) is 15.5 Å². The largest absolute Gasteiger partial charge is 0.493 e. The number of nitrogens with zero attached hydrogens (tertiary/aromatic N) is 1. The van der Waals surface area contributed by atoms with Gasteiger partial charge in [-0.05, 0) is 6.07 Å². The van der Waals surface area contributed by atoms with Gasteiger partial charge in [-0.15, -0.1) is 0 Å². The van der Waals surface area contributed by atoms with E-state index in [-0.39, 0.29) is 30.9 Å². The maximum absolute atomic E-state index is 12.2. The molecule has 6 heteroatoms. The number of fused-ring (bicyclic) bond motifs is 1. The number of carbonyl (C=O) groups is 2.